The number of carbonyl (C=O) groups excluding carboxylic acids is 1. The van der Waals surface area contributed by atoms with E-state index in [0.717, 1.165) is 25.7 Å². The fourth-order valence-corrected chi connectivity index (χ4v) is 7.94. The maximum absolute atomic E-state index is 12.5. The average Bonchev–Trinajstić information content (AvgIpc) is 3.15. The minimum absolute atomic E-state index is 0.0426. The topological polar surface area (TPSA) is 89.8 Å². The highest BCUT2D eigenvalue weighted by Crippen LogP contribution is 2.18. The molecule has 0 aromatic rings. The normalized spacial score (nSPS) is 13.4. The molecule has 0 rings (SSSR count). The number of rotatable bonds is 45. The third kappa shape index (κ3) is 40.8. The Balaban J connectivity index is 3.51. The Morgan fingerprint density at radius 2 is 0.642 bits per heavy atom. The molecule has 1 amide bonds. The smallest absolute Gasteiger partial charge is 0.222 e. The Labute approximate surface area is 332 Å². The van der Waals surface area contributed by atoms with Crippen LogP contribution in [0.4, 0.5) is 0 Å². The van der Waals surface area contributed by atoms with Crippen molar-refractivity contribution in [3.8, 4) is 0 Å². The zero-order valence-corrected chi connectivity index (χ0v) is 36.2. The van der Waals surface area contributed by atoms with Gasteiger partial charge in [0.25, 0.3) is 0 Å². The Bertz CT molecular complexity index is 703. The molecule has 0 saturated heterocycles. The molecule has 0 aliphatic carbocycles. The van der Waals surface area contributed by atoms with E-state index < -0.39 is 18.2 Å². The van der Waals surface area contributed by atoms with Crippen LogP contribution >= 0.6 is 0 Å². The summed E-state index contributed by atoms with van der Waals surface area (Å²) in [5.41, 5.74) is 0. The molecule has 3 atom stereocenters. The van der Waals surface area contributed by atoms with E-state index in [2.05, 4.69) is 19.2 Å². The lowest BCUT2D eigenvalue weighted by atomic mass is 10.0. The average molecular weight is 752 g/mol. The van der Waals surface area contributed by atoms with Gasteiger partial charge in [-0.25, -0.2) is 0 Å². The highest BCUT2D eigenvalue weighted by Gasteiger charge is 2.21. The van der Waals surface area contributed by atoms with Crippen LogP contribution in [0.25, 0.3) is 0 Å². The molecule has 0 aromatic carbocycles. The van der Waals surface area contributed by atoms with E-state index >= 15 is 0 Å². The molecule has 318 valence electrons. The first-order valence-electron chi connectivity index (χ1n) is 24.3. The van der Waals surface area contributed by atoms with Crippen LogP contribution in [0.1, 0.15) is 277 Å². The van der Waals surface area contributed by atoms with E-state index in [1.165, 1.54) is 218 Å². The monoisotopic (exact) mass is 752 g/mol. The maximum Gasteiger partial charge on any atom is 0.222 e. The molecule has 53 heavy (non-hydrogen) atoms. The van der Waals surface area contributed by atoms with Gasteiger partial charge >= 0.3 is 0 Å². The molecule has 0 bridgehead atoms. The van der Waals surface area contributed by atoms with Crippen molar-refractivity contribution >= 4 is 5.91 Å². The van der Waals surface area contributed by atoms with E-state index in [-0.39, 0.29) is 18.9 Å². The van der Waals surface area contributed by atoms with E-state index in [1.807, 2.05) is 0 Å². The van der Waals surface area contributed by atoms with E-state index in [9.17, 15) is 20.1 Å². The quantitative estimate of drug-likeness (QED) is 0.0466. The second kappa shape index (κ2) is 44.1. The second-order valence-electron chi connectivity index (χ2n) is 17.1. The molecule has 0 saturated carbocycles. The van der Waals surface area contributed by atoms with Gasteiger partial charge in [-0.15, -0.1) is 0 Å². The van der Waals surface area contributed by atoms with E-state index in [4.69, 9.17) is 0 Å². The zero-order chi connectivity index (χ0) is 38.7. The summed E-state index contributed by atoms with van der Waals surface area (Å²) in [4.78, 5) is 12.5. The molecule has 5 heteroatoms. The van der Waals surface area contributed by atoms with E-state index in [1.54, 1.807) is 0 Å². The number of nitrogens with one attached hydrogen (secondary N) is 1. The van der Waals surface area contributed by atoms with Crippen molar-refractivity contribution in [3.05, 3.63) is 0 Å². The van der Waals surface area contributed by atoms with Crippen molar-refractivity contribution in [2.24, 2.45) is 0 Å². The molecule has 0 radical (unpaired) electrons. The maximum atomic E-state index is 12.5. The molecular formula is C48H97NO4. The lowest BCUT2D eigenvalue weighted by molar-refractivity contribution is -0.125. The lowest BCUT2D eigenvalue weighted by Gasteiger charge is -2.23. The first-order chi connectivity index (χ1) is 26.0. The summed E-state index contributed by atoms with van der Waals surface area (Å²) in [5, 5.41) is 33.5. The van der Waals surface area contributed by atoms with Crippen molar-refractivity contribution in [1.29, 1.82) is 0 Å². The third-order valence-corrected chi connectivity index (χ3v) is 11.7. The number of aliphatic hydroxyl groups is 3. The number of unbranched alkanes of at least 4 members (excludes halogenated alkanes) is 36. The Hall–Kier alpha value is -0.650. The van der Waals surface area contributed by atoms with E-state index in [0.29, 0.717) is 12.8 Å². The van der Waals surface area contributed by atoms with Crippen LogP contribution in [0, 0.1) is 0 Å². The SMILES string of the molecule is CCCCCCCCCCCCCCCCCCCCCCCCCCCC(O)C(CO)NC(=O)CC(O)CCCCCCCCCCCCCCC. The first-order valence-corrected chi connectivity index (χ1v) is 24.3. The fraction of sp³-hybridized carbons (Fsp3) is 0.979. The van der Waals surface area contributed by atoms with Crippen LogP contribution in [-0.4, -0.2) is 46.1 Å². The van der Waals surface area contributed by atoms with Gasteiger partial charge in [-0.1, -0.05) is 258 Å². The summed E-state index contributed by atoms with van der Waals surface area (Å²) in [5.74, 6) is -0.278. The molecular weight excluding hydrogens is 655 g/mol. The number of hydrogen-bond donors (Lipinski definition) is 4. The summed E-state index contributed by atoms with van der Waals surface area (Å²) in [6.45, 7) is 4.29. The lowest BCUT2D eigenvalue weighted by Crippen LogP contribution is -2.46. The van der Waals surface area contributed by atoms with Crippen LogP contribution in [0.3, 0.4) is 0 Å². The molecule has 4 N–H and O–H groups in total. The minimum Gasteiger partial charge on any atom is -0.394 e. The van der Waals surface area contributed by atoms with Gasteiger partial charge in [-0.2, -0.15) is 0 Å². The van der Waals surface area contributed by atoms with Gasteiger partial charge < -0.3 is 20.6 Å². The van der Waals surface area contributed by atoms with Crippen molar-refractivity contribution in [1.82, 2.24) is 5.32 Å². The summed E-state index contributed by atoms with van der Waals surface area (Å²) in [6.07, 6.45) is 50.9. The van der Waals surface area contributed by atoms with Crippen LogP contribution in [0.5, 0.6) is 0 Å². The van der Waals surface area contributed by atoms with Crippen molar-refractivity contribution in [3.63, 3.8) is 0 Å². The molecule has 0 aromatic heterocycles. The molecule has 5 nitrogen and oxygen atoms in total. The van der Waals surface area contributed by atoms with Gasteiger partial charge in [0.1, 0.15) is 0 Å². The van der Waals surface area contributed by atoms with Crippen LogP contribution in [-0.2, 0) is 4.79 Å². The zero-order valence-electron chi connectivity index (χ0n) is 36.2. The fourth-order valence-electron chi connectivity index (χ4n) is 7.94. The highest BCUT2D eigenvalue weighted by atomic mass is 16.3. The van der Waals surface area contributed by atoms with Crippen LogP contribution < -0.4 is 5.32 Å². The molecule has 0 spiro atoms. The Morgan fingerprint density at radius 3 is 0.906 bits per heavy atom. The van der Waals surface area contributed by atoms with Gasteiger partial charge in [0, 0.05) is 0 Å². The number of amides is 1. The summed E-state index contributed by atoms with van der Waals surface area (Å²) in [7, 11) is 0. The largest absolute Gasteiger partial charge is 0.394 e. The van der Waals surface area contributed by atoms with Crippen molar-refractivity contribution in [2.45, 2.75) is 295 Å². The van der Waals surface area contributed by atoms with Gasteiger partial charge in [0.15, 0.2) is 0 Å². The van der Waals surface area contributed by atoms with Gasteiger partial charge in [-0.3, -0.25) is 4.79 Å². The molecule has 0 heterocycles. The molecule has 0 aliphatic rings. The van der Waals surface area contributed by atoms with Crippen LogP contribution in [0.2, 0.25) is 0 Å². The first kappa shape index (κ1) is 52.3. The molecule has 0 aliphatic heterocycles. The summed E-state index contributed by atoms with van der Waals surface area (Å²) >= 11 is 0. The van der Waals surface area contributed by atoms with Gasteiger partial charge in [-0.05, 0) is 12.8 Å². The van der Waals surface area contributed by atoms with Gasteiger partial charge in [0.2, 0.25) is 5.91 Å². The predicted octanol–water partition coefficient (Wildman–Crippen LogP) is 14.2. The van der Waals surface area contributed by atoms with Gasteiger partial charge in [0.05, 0.1) is 31.3 Å². The Kier molecular flexibility index (Phi) is 43.5. The molecule has 0 fully saturated rings. The summed E-state index contributed by atoms with van der Waals surface area (Å²) < 4.78 is 0. The number of hydrogen-bond acceptors (Lipinski definition) is 4. The number of aliphatic hydroxyl groups excluding tert-OH is 3. The summed E-state index contributed by atoms with van der Waals surface area (Å²) in [6, 6.07) is -0.652. The second-order valence-corrected chi connectivity index (χ2v) is 17.1. The molecule has 3 unspecified atom stereocenters. The predicted molar refractivity (Wildman–Crippen MR) is 232 cm³/mol. The van der Waals surface area contributed by atoms with Crippen LogP contribution in [0.15, 0.2) is 0 Å². The minimum atomic E-state index is -0.744. The van der Waals surface area contributed by atoms with Crippen molar-refractivity contribution in [2.75, 3.05) is 6.61 Å². The highest BCUT2D eigenvalue weighted by molar-refractivity contribution is 5.76. The number of carbonyl (C=O) groups is 1. The Morgan fingerprint density at radius 1 is 0.396 bits per heavy atom. The van der Waals surface area contributed by atoms with Crippen molar-refractivity contribution < 1.29 is 20.1 Å². The standard InChI is InChI=1S/C48H97NO4/c1-3-5-7-9-11-13-15-17-18-19-20-21-22-23-24-25-26-27-28-30-32-34-36-38-40-42-47(52)46(44-50)49-48(53)43-45(51)41-39-37-35-33-31-29-16-14-12-10-8-6-4-2/h45-47,50-52H,3-44H2,1-2H3,(H,49,53). The third-order valence-electron chi connectivity index (χ3n) is 11.7.